The molecule has 2 aliphatic rings. The molecular formula is C16H21N3O2. The van der Waals surface area contributed by atoms with E-state index in [1.54, 1.807) is 12.3 Å². The van der Waals surface area contributed by atoms with Crippen LogP contribution in [-0.2, 0) is 4.74 Å². The summed E-state index contributed by atoms with van der Waals surface area (Å²) in [6, 6.07) is 3.60. The molecule has 1 aliphatic heterocycles. The maximum absolute atomic E-state index is 10.0. The zero-order valence-electron chi connectivity index (χ0n) is 12.2. The van der Waals surface area contributed by atoms with Crippen LogP contribution in [0.4, 0.5) is 0 Å². The fourth-order valence-corrected chi connectivity index (χ4v) is 3.87. The van der Waals surface area contributed by atoms with Gasteiger partial charge >= 0.3 is 0 Å². The Morgan fingerprint density at radius 3 is 2.86 bits per heavy atom. The third-order valence-corrected chi connectivity index (χ3v) is 5.11. The summed E-state index contributed by atoms with van der Waals surface area (Å²) < 4.78 is 7.56. The molecule has 0 radical (unpaired) electrons. The zero-order chi connectivity index (χ0) is 14.3. The predicted octanol–water partition coefficient (Wildman–Crippen LogP) is 3.03. The fourth-order valence-electron chi connectivity index (χ4n) is 3.87. The normalized spacial score (nSPS) is 30.0. The molecule has 0 bridgehead atoms. The van der Waals surface area contributed by atoms with Crippen molar-refractivity contribution < 1.29 is 9.84 Å². The highest BCUT2D eigenvalue weighted by atomic mass is 16.5. The second-order valence-corrected chi connectivity index (χ2v) is 6.40. The summed E-state index contributed by atoms with van der Waals surface area (Å²) in [5.41, 5.74) is 1.85. The van der Waals surface area contributed by atoms with Gasteiger partial charge in [-0.15, -0.1) is 0 Å². The van der Waals surface area contributed by atoms with Crippen molar-refractivity contribution in [2.24, 2.45) is 0 Å². The topological polar surface area (TPSA) is 59.7 Å². The van der Waals surface area contributed by atoms with E-state index in [9.17, 15) is 5.11 Å². The Morgan fingerprint density at radius 1 is 1.24 bits per heavy atom. The van der Waals surface area contributed by atoms with Crippen molar-refractivity contribution in [1.82, 2.24) is 14.6 Å². The van der Waals surface area contributed by atoms with Gasteiger partial charge in [-0.1, -0.05) is 0 Å². The van der Waals surface area contributed by atoms with Gasteiger partial charge in [-0.2, -0.15) is 9.61 Å². The van der Waals surface area contributed by atoms with E-state index in [2.05, 4.69) is 10.1 Å². The smallest absolute Gasteiger partial charge is 0.215 e. The van der Waals surface area contributed by atoms with Crippen LogP contribution in [-0.4, -0.2) is 31.9 Å². The molecule has 3 heterocycles. The maximum Gasteiger partial charge on any atom is 0.215 e. The highest BCUT2D eigenvalue weighted by Gasteiger charge is 2.38. The van der Waals surface area contributed by atoms with Crippen molar-refractivity contribution >= 4 is 5.65 Å². The molecule has 1 spiro atoms. The molecule has 0 atom stereocenters. The summed E-state index contributed by atoms with van der Waals surface area (Å²) in [6.45, 7) is 0.922. The van der Waals surface area contributed by atoms with Crippen molar-refractivity contribution in [3.05, 3.63) is 24.0 Å². The van der Waals surface area contributed by atoms with Gasteiger partial charge in [0.1, 0.15) is 0 Å². The Morgan fingerprint density at radius 2 is 2.10 bits per heavy atom. The molecular weight excluding hydrogens is 266 g/mol. The highest BCUT2D eigenvalue weighted by molar-refractivity contribution is 5.41. The van der Waals surface area contributed by atoms with Crippen LogP contribution in [0.2, 0.25) is 0 Å². The van der Waals surface area contributed by atoms with Gasteiger partial charge in [-0.05, 0) is 44.9 Å². The van der Waals surface area contributed by atoms with Gasteiger partial charge < -0.3 is 9.84 Å². The molecule has 1 N–H and O–H groups in total. The van der Waals surface area contributed by atoms with Crippen LogP contribution < -0.4 is 0 Å². The van der Waals surface area contributed by atoms with E-state index in [0.29, 0.717) is 5.92 Å². The first-order chi connectivity index (χ1) is 10.3. The second kappa shape index (κ2) is 4.98. The molecule has 5 heteroatoms. The molecule has 2 aromatic heterocycles. The van der Waals surface area contributed by atoms with Gasteiger partial charge in [0.05, 0.1) is 17.5 Å². The van der Waals surface area contributed by atoms with Crippen LogP contribution in [0.1, 0.15) is 56.6 Å². The number of aromatic hydroxyl groups is 1. The molecule has 1 aliphatic carbocycles. The first-order valence-corrected chi connectivity index (χ1v) is 7.93. The summed E-state index contributed by atoms with van der Waals surface area (Å²) in [6.07, 6.45) is 9.80. The lowest BCUT2D eigenvalue weighted by molar-refractivity contribution is -0.102. The standard InChI is InChI=1S/C16H21N3O2/c20-15-11-13(18-14-5-9-17-19(14)15)12-3-7-16(8-4-12)6-1-2-10-21-16/h5,9,11-12,20H,1-4,6-8,10H2. The van der Waals surface area contributed by atoms with Gasteiger partial charge in [-0.25, -0.2) is 4.98 Å². The first-order valence-electron chi connectivity index (χ1n) is 7.93. The highest BCUT2D eigenvalue weighted by Crippen LogP contribution is 2.44. The average Bonchev–Trinajstić information content (AvgIpc) is 2.98. The minimum atomic E-state index is 0.136. The van der Waals surface area contributed by atoms with Crippen molar-refractivity contribution in [3.63, 3.8) is 0 Å². The Hall–Kier alpha value is -1.62. The summed E-state index contributed by atoms with van der Waals surface area (Å²) >= 11 is 0. The number of hydrogen-bond donors (Lipinski definition) is 1. The lowest BCUT2D eigenvalue weighted by atomic mass is 9.74. The molecule has 1 saturated carbocycles. The minimum Gasteiger partial charge on any atom is -0.493 e. The van der Waals surface area contributed by atoms with Gasteiger partial charge in [0.25, 0.3) is 0 Å². The Balaban J connectivity index is 1.54. The van der Waals surface area contributed by atoms with Crippen LogP contribution in [0.3, 0.4) is 0 Å². The molecule has 21 heavy (non-hydrogen) atoms. The summed E-state index contributed by atoms with van der Waals surface area (Å²) in [5, 5.41) is 14.1. The van der Waals surface area contributed by atoms with E-state index in [-0.39, 0.29) is 11.5 Å². The van der Waals surface area contributed by atoms with Crippen molar-refractivity contribution in [1.29, 1.82) is 0 Å². The third kappa shape index (κ3) is 2.29. The number of ether oxygens (including phenoxy) is 1. The van der Waals surface area contributed by atoms with Crippen LogP contribution in [0.15, 0.2) is 18.3 Å². The lowest BCUT2D eigenvalue weighted by Crippen LogP contribution is -2.39. The SMILES string of the molecule is Oc1cc(C2CCC3(CCCCO3)CC2)nc2ccnn12. The second-order valence-electron chi connectivity index (χ2n) is 6.40. The van der Waals surface area contributed by atoms with Gasteiger partial charge in [-0.3, -0.25) is 0 Å². The first kappa shape index (κ1) is 13.1. The quantitative estimate of drug-likeness (QED) is 0.876. The number of fused-ring (bicyclic) bond motifs is 1. The summed E-state index contributed by atoms with van der Waals surface area (Å²) in [5.74, 6) is 0.598. The van der Waals surface area contributed by atoms with E-state index < -0.39 is 0 Å². The fraction of sp³-hybridized carbons (Fsp3) is 0.625. The molecule has 112 valence electrons. The van der Waals surface area contributed by atoms with E-state index in [1.807, 2.05) is 6.07 Å². The number of nitrogens with zero attached hydrogens (tertiary/aromatic N) is 3. The summed E-state index contributed by atoms with van der Waals surface area (Å²) in [4.78, 5) is 4.65. The van der Waals surface area contributed by atoms with Crippen molar-refractivity contribution in [2.75, 3.05) is 6.61 Å². The molecule has 0 amide bonds. The largest absolute Gasteiger partial charge is 0.493 e. The Kier molecular flexibility index (Phi) is 3.10. The van der Waals surface area contributed by atoms with Crippen LogP contribution >= 0.6 is 0 Å². The van der Waals surface area contributed by atoms with Crippen molar-refractivity contribution in [3.8, 4) is 5.88 Å². The van der Waals surface area contributed by atoms with Gasteiger partial charge in [0.15, 0.2) is 5.65 Å². The maximum atomic E-state index is 10.0. The molecule has 0 unspecified atom stereocenters. The van der Waals surface area contributed by atoms with E-state index >= 15 is 0 Å². The summed E-state index contributed by atoms with van der Waals surface area (Å²) in [7, 11) is 0. The lowest BCUT2D eigenvalue weighted by Gasteiger charge is -2.42. The monoisotopic (exact) mass is 287 g/mol. The average molecular weight is 287 g/mol. The van der Waals surface area contributed by atoms with Gasteiger partial charge in [0, 0.05) is 24.7 Å². The molecule has 2 fully saturated rings. The molecule has 0 aromatic carbocycles. The van der Waals surface area contributed by atoms with Crippen LogP contribution in [0.5, 0.6) is 5.88 Å². The number of rotatable bonds is 1. The Bertz CT molecular complexity index is 636. The van der Waals surface area contributed by atoms with Crippen LogP contribution in [0, 0.1) is 0 Å². The number of aromatic nitrogens is 3. The molecule has 1 saturated heterocycles. The minimum absolute atomic E-state index is 0.136. The molecule has 2 aromatic rings. The van der Waals surface area contributed by atoms with E-state index in [0.717, 1.165) is 43.6 Å². The van der Waals surface area contributed by atoms with Gasteiger partial charge in [0.2, 0.25) is 5.88 Å². The zero-order valence-corrected chi connectivity index (χ0v) is 12.2. The van der Waals surface area contributed by atoms with E-state index in [4.69, 9.17) is 4.74 Å². The van der Waals surface area contributed by atoms with Crippen LogP contribution in [0.25, 0.3) is 5.65 Å². The van der Waals surface area contributed by atoms with Crippen molar-refractivity contribution in [2.45, 2.75) is 56.5 Å². The Labute approximate surface area is 124 Å². The molecule has 4 rings (SSSR count). The molecule has 5 nitrogen and oxygen atoms in total. The predicted molar refractivity (Wildman–Crippen MR) is 78.4 cm³/mol. The number of hydrogen-bond acceptors (Lipinski definition) is 4. The third-order valence-electron chi connectivity index (χ3n) is 5.11. The van der Waals surface area contributed by atoms with E-state index in [1.165, 1.54) is 23.8 Å².